The number of rotatable bonds is 6. The summed E-state index contributed by atoms with van der Waals surface area (Å²) in [6.45, 7) is 4.90. The molecular weight excluding hydrogens is 326 g/mol. The lowest BCUT2D eigenvalue weighted by molar-refractivity contribution is -0.149. The largest absolute Gasteiger partial charge is 0.456 e. The molecule has 8 nitrogen and oxygen atoms in total. The average Bonchev–Trinajstić information content (AvgIpc) is 2.73. The Morgan fingerprint density at radius 2 is 1.96 bits per heavy atom. The minimum Gasteiger partial charge on any atom is -0.456 e. The zero-order chi connectivity index (χ0) is 18.6. The molecule has 1 heterocycles. The molecule has 1 saturated carbocycles. The van der Waals surface area contributed by atoms with Crippen molar-refractivity contribution in [2.75, 3.05) is 13.2 Å². The molecule has 0 unspecified atom stereocenters. The van der Waals surface area contributed by atoms with Gasteiger partial charge < -0.3 is 15.4 Å². The zero-order valence-electron chi connectivity index (χ0n) is 15.1. The molecule has 0 aromatic carbocycles. The molecule has 2 atom stereocenters. The highest BCUT2D eigenvalue weighted by atomic mass is 16.5. The van der Waals surface area contributed by atoms with Crippen LogP contribution in [0.3, 0.4) is 0 Å². The van der Waals surface area contributed by atoms with Gasteiger partial charge in [0.1, 0.15) is 5.54 Å². The minimum absolute atomic E-state index is 0.0613. The van der Waals surface area contributed by atoms with E-state index in [2.05, 4.69) is 17.6 Å². The Morgan fingerprint density at radius 3 is 2.56 bits per heavy atom. The normalized spacial score (nSPS) is 25.5. The number of imide groups is 1. The van der Waals surface area contributed by atoms with Crippen LogP contribution in [0.15, 0.2) is 0 Å². The molecule has 0 aromatic heterocycles. The summed E-state index contributed by atoms with van der Waals surface area (Å²) in [5.74, 6) is -0.883. The van der Waals surface area contributed by atoms with Crippen molar-refractivity contribution in [3.05, 3.63) is 0 Å². The van der Waals surface area contributed by atoms with Gasteiger partial charge in [0, 0.05) is 12.6 Å². The van der Waals surface area contributed by atoms with Crippen LogP contribution in [0.4, 0.5) is 4.79 Å². The quantitative estimate of drug-likeness (QED) is 0.546. The number of nitrogens with one attached hydrogen (secondary N) is 2. The topological polar surface area (TPSA) is 105 Å². The summed E-state index contributed by atoms with van der Waals surface area (Å²) < 4.78 is 4.94. The van der Waals surface area contributed by atoms with E-state index < -0.39 is 17.5 Å². The van der Waals surface area contributed by atoms with Crippen LogP contribution in [0, 0.1) is 5.92 Å². The van der Waals surface area contributed by atoms with E-state index in [1.807, 2.05) is 0 Å². The molecule has 0 aromatic rings. The second-order valence-electron chi connectivity index (χ2n) is 7.36. The number of hydrogen-bond acceptors (Lipinski definition) is 5. The summed E-state index contributed by atoms with van der Waals surface area (Å²) in [6.07, 6.45) is 4.18. The predicted octanol–water partition coefficient (Wildman–Crippen LogP) is 0.945. The van der Waals surface area contributed by atoms with Crippen LogP contribution in [-0.2, 0) is 19.1 Å². The number of urea groups is 1. The van der Waals surface area contributed by atoms with Crippen molar-refractivity contribution in [2.24, 2.45) is 5.92 Å². The standard InChI is InChI=1S/C17H27N3O5/c1-11-6-4-5-7-12(11)18-13(21)10-25-14(22)8-9-20-15(23)17(2,3)19-16(20)24/h11-12H,4-10H2,1-3H3,(H,18,21)(H,19,24)/t11-,12+/m0/s1. The van der Waals surface area contributed by atoms with Gasteiger partial charge in [-0.25, -0.2) is 4.79 Å². The number of hydrogen-bond donors (Lipinski definition) is 2. The SMILES string of the molecule is C[C@H]1CCCC[C@H]1NC(=O)COC(=O)CCN1C(=O)NC(C)(C)C1=O. The maximum absolute atomic E-state index is 12.0. The summed E-state index contributed by atoms with van der Waals surface area (Å²) in [4.78, 5) is 48.4. The number of ether oxygens (including phenoxy) is 1. The van der Waals surface area contributed by atoms with E-state index in [4.69, 9.17) is 4.74 Å². The summed E-state index contributed by atoms with van der Waals surface area (Å²) in [6, 6.07) is -0.389. The Hall–Kier alpha value is -2.12. The van der Waals surface area contributed by atoms with Gasteiger partial charge in [-0.15, -0.1) is 0 Å². The molecule has 25 heavy (non-hydrogen) atoms. The highest BCUT2D eigenvalue weighted by Crippen LogP contribution is 2.23. The Labute approximate surface area is 147 Å². The predicted molar refractivity (Wildman–Crippen MR) is 89.5 cm³/mol. The number of esters is 1. The molecule has 0 bridgehead atoms. The molecule has 1 aliphatic heterocycles. The van der Waals surface area contributed by atoms with E-state index in [1.54, 1.807) is 13.8 Å². The number of carbonyl (C=O) groups is 4. The number of carbonyl (C=O) groups excluding carboxylic acids is 4. The molecule has 0 radical (unpaired) electrons. The molecule has 2 N–H and O–H groups in total. The lowest BCUT2D eigenvalue weighted by Crippen LogP contribution is -2.43. The van der Waals surface area contributed by atoms with Crippen molar-refractivity contribution in [3.8, 4) is 0 Å². The monoisotopic (exact) mass is 353 g/mol. The Morgan fingerprint density at radius 1 is 1.28 bits per heavy atom. The van der Waals surface area contributed by atoms with Crippen molar-refractivity contribution >= 4 is 23.8 Å². The van der Waals surface area contributed by atoms with Gasteiger partial charge in [-0.05, 0) is 32.6 Å². The summed E-state index contributed by atoms with van der Waals surface area (Å²) in [7, 11) is 0. The molecule has 140 valence electrons. The van der Waals surface area contributed by atoms with Crippen molar-refractivity contribution in [1.29, 1.82) is 0 Å². The fourth-order valence-corrected chi connectivity index (χ4v) is 3.22. The summed E-state index contributed by atoms with van der Waals surface area (Å²) in [5.41, 5.74) is -0.961. The third-order valence-corrected chi connectivity index (χ3v) is 4.81. The van der Waals surface area contributed by atoms with Crippen LogP contribution in [0.5, 0.6) is 0 Å². The van der Waals surface area contributed by atoms with E-state index in [-0.39, 0.29) is 37.4 Å². The second kappa shape index (κ2) is 7.84. The third kappa shape index (κ3) is 4.93. The first-order chi connectivity index (χ1) is 11.7. The van der Waals surface area contributed by atoms with Crippen LogP contribution in [0.25, 0.3) is 0 Å². The van der Waals surface area contributed by atoms with E-state index in [0.29, 0.717) is 5.92 Å². The van der Waals surface area contributed by atoms with Crippen LogP contribution >= 0.6 is 0 Å². The average molecular weight is 353 g/mol. The van der Waals surface area contributed by atoms with Gasteiger partial charge in [-0.1, -0.05) is 19.8 Å². The molecular formula is C17H27N3O5. The molecule has 1 aliphatic carbocycles. The summed E-state index contributed by atoms with van der Waals surface area (Å²) >= 11 is 0. The Kier molecular flexibility index (Phi) is 6.02. The van der Waals surface area contributed by atoms with Crippen LogP contribution in [-0.4, -0.2) is 53.4 Å². The van der Waals surface area contributed by atoms with Gasteiger partial charge in [-0.2, -0.15) is 0 Å². The molecule has 1 saturated heterocycles. The van der Waals surface area contributed by atoms with Crippen LogP contribution in [0.2, 0.25) is 0 Å². The van der Waals surface area contributed by atoms with Crippen LogP contribution < -0.4 is 10.6 Å². The minimum atomic E-state index is -0.961. The molecule has 4 amide bonds. The Bertz CT molecular complexity index is 560. The van der Waals surface area contributed by atoms with Crippen LogP contribution in [0.1, 0.15) is 52.9 Å². The number of amides is 4. The summed E-state index contributed by atoms with van der Waals surface area (Å²) in [5, 5.41) is 5.44. The van der Waals surface area contributed by atoms with Crippen molar-refractivity contribution in [3.63, 3.8) is 0 Å². The maximum Gasteiger partial charge on any atom is 0.325 e. The zero-order valence-corrected chi connectivity index (χ0v) is 15.1. The van der Waals surface area contributed by atoms with Gasteiger partial charge in [0.05, 0.1) is 6.42 Å². The second-order valence-corrected chi connectivity index (χ2v) is 7.36. The van der Waals surface area contributed by atoms with Crippen molar-refractivity contribution in [2.45, 2.75) is 64.5 Å². The Balaban J connectivity index is 1.69. The highest BCUT2D eigenvalue weighted by Gasteiger charge is 2.44. The fraction of sp³-hybridized carbons (Fsp3) is 0.765. The highest BCUT2D eigenvalue weighted by molar-refractivity contribution is 6.06. The fourth-order valence-electron chi connectivity index (χ4n) is 3.22. The van der Waals surface area contributed by atoms with Gasteiger partial charge in [0.15, 0.2) is 6.61 Å². The molecule has 2 aliphatic rings. The van der Waals surface area contributed by atoms with Crippen molar-refractivity contribution < 1.29 is 23.9 Å². The molecule has 2 fully saturated rings. The van der Waals surface area contributed by atoms with Gasteiger partial charge in [0.2, 0.25) is 0 Å². The first-order valence-corrected chi connectivity index (χ1v) is 8.80. The molecule has 2 rings (SSSR count). The molecule has 8 heteroatoms. The smallest absolute Gasteiger partial charge is 0.325 e. The lowest BCUT2D eigenvalue weighted by atomic mass is 9.86. The van der Waals surface area contributed by atoms with E-state index >= 15 is 0 Å². The van der Waals surface area contributed by atoms with Gasteiger partial charge in [-0.3, -0.25) is 19.3 Å². The lowest BCUT2D eigenvalue weighted by Gasteiger charge is -2.29. The molecule has 0 spiro atoms. The van der Waals surface area contributed by atoms with Gasteiger partial charge in [0.25, 0.3) is 11.8 Å². The first kappa shape index (κ1) is 19.2. The van der Waals surface area contributed by atoms with E-state index in [1.165, 1.54) is 6.42 Å². The third-order valence-electron chi connectivity index (χ3n) is 4.81. The van der Waals surface area contributed by atoms with Gasteiger partial charge >= 0.3 is 12.0 Å². The maximum atomic E-state index is 12.0. The van der Waals surface area contributed by atoms with E-state index in [9.17, 15) is 19.2 Å². The van der Waals surface area contributed by atoms with E-state index in [0.717, 1.165) is 24.2 Å². The van der Waals surface area contributed by atoms with Crippen molar-refractivity contribution in [1.82, 2.24) is 15.5 Å². The number of nitrogens with zero attached hydrogens (tertiary/aromatic N) is 1. The first-order valence-electron chi connectivity index (χ1n) is 8.80.